The minimum Gasteiger partial charge on any atom is -0.497 e. The smallest absolute Gasteiger partial charge is 0.252 e. The monoisotopic (exact) mass is 397 g/mol. The molecule has 3 N–H and O–H groups in total. The van der Waals surface area contributed by atoms with E-state index in [1.807, 2.05) is 4.90 Å². The number of aromatic nitrogens is 2. The van der Waals surface area contributed by atoms with Crippen LogP contribution >= 0.6 is 0 Å². The molecule has 0 aliphatic carbocycles. The van der Waals surface area contributed by atoms with E-state index in [2.05, 4.69) is 20.6 Å². The van der Waals surface area contributed by atoms with E-state index in [-0.39, 0.29) is 17.4 Å². The number of carbonyl (C=O) groups excluding carboxylic acids is 2. The molecule has 1 spiro atoms. The van der Waals surface area contributed by atoms with Crippen LogP contribution in [0.4, 0.5) is 0 Å². The quantitative estimate of drug-likeness (QED) is 0.720. The zero-order valence-electron chi connectivity index (χ0n) is 16.8. The first-order chi connectivity index (χ1) is 14.0. The summed E-state index contributed by atoms with van der Waals surface area (Å²) < 4.78 is 5.16. The Morgan fingerprint density at radius 3 is 2.86 bits per heavy atom. The highest BCUT2D eigenvalue weighted by Crippen LogP contribution is 2.35. The van der Waals surface area contributed by atoms with Crippen LogP contribution in [0.15, 0.2) is 30.6 Å². The van der Waals surface area contributed by atoms with Gasteiger partial charge in [0.15, 0.2) is 0 Å². The highest BCUT2D eigenvalue weighted by Gasteiger charge is 2.42. The van der Waals surface area contributed by atoms with Crippen LogP contribution in [0.3, 0.4) is 0 Å². The van der Waals surface area contributed by atoms with Gasteiger partial charge >= 0.3 is 0 Å². The zero-order chi connectivity index (χ0) is 20.4. The van der Waals surface area contributed by atoms with Gasteiger partial charge < -0.3 is 25.3 Å². The van der Waals surface area contributed by atoms with Crippen LogP contribution < -0.4 is 15.4 Å². The number of aromatic amines is 1. The van der Waals surface area contributed by atoms with Crippen molar-refractivity contribution in [2.45, 2.75) is 37.8 Å². The number of ether oxygens (including phenoxy) is 1. The Kier molecular flexibility index (Phi) is 5.27. The lowest BCUT2D eigenvalue weighted by Gasteiger charge is -2.44. The number of hydrogen-bond donors (Lipinski definition) is 3. The average Bonchev–Trinajstić information content (AvgIpc) is 3.24. The van der Waals surface area contributed by atoms with Gasteiger partial charge in [-0.15, -0.1) is 0 Å². The van der Waals surface area contributed by atoms with Crippen LogP contribution in [0.5, 0.6) is 5.75 Å². The SMILES string of the molecule is COc1cccc(C(=O)N[C@@H](C)C(=O)N2CCC3(CC2)NCCc2[nH]cnc23)c1. The molecule has 1 aromatic carbocycles. The predicted octanol–water partition coefficient (Wildman–Crippen LogP) is 1.20. The Balaban J connectivity index is 1.37. The maximum absolute atomic E-state index is 12.9. The number of hydrogen-bond acceptors (Lipinski definition) is 5. The maximum atomic E-state index is 12.9. The van der Waals surface area contributed by atoms with Crippen LogP contribution in [0.2, 0.25) is 0 Å². The van der Waals surface area contributed by atoms with Crippen LogP contribution in [-0.4, -0.2) is 59.5 Å². The summed E-state index contributed by atoms with van der Waals surface area (Å²) in [6, 6.07) is 6.30. The van der Waals surface area contributed by atoms with Gasteiger partial charge in [-0.25, -0.2) is 4.98 Å². The van der Waals surface area contributed by atoms with Crippen LogP contribution in [-0.2, 0) is 16.8 Å². The number of amides is 2. The number of nitrogens with zero attached hydrogens (tertiary/aromatic N) is 2. The predicted molar refractivity (Wildman–Crippen MR) is 108 cm³/mol. The number of fused-ring (bicyclic) bond motifs is 2. The van der Waals surface area contributed by atoms with E-state index in [0.29, 0.717) is 24.4 Å². The van der Waals surface area contributed by atoms with Crippen LogP contribution in [0.25, 0.3) is 0 Å². The van der Waals surface area contributed by atoms with E-state index < -0.39 is 6.04 Å². The van der Waals surface area contributed by atoms with E-state index in [9.17, 15) is 9.59 Å². The average molecular weight is 397 g/mol. The van der Waals surface area contributed by atoms with E-state index in [1.54, 1.807) is 44.6 Å². The molecular formula is C21H27N5O3. The molecule has 8 nitrogen and oxygen atoms in total. The van der Waals surface area contributed by atoms with E-state index in [4.69, 9.17) is 4.74 Å². The van der Waals surface area contributed by atoms with Crippen molar-refractivity contribution in [2.24, 2.45) is 0 Å². The normalized spacial score (nSPS) is 18.8. The molecule has 1 atom stereocenters. The van der Waals surface area contributed by atoms with Crippen molar-refractivity contribution >= 4 is 11.8 Å². The Morgan fingerprint density at radius 1 is 1.31 bits per heavy atom. The summed E-state index contributed by atoms with van der Waals surface area (Å²) in [5.41, 5.74) is 2.61. The lowest BCUT2D eigenvalue weighted by atomic mass is 9.80. The van der Waals surface area contributed by atoms with Gasteiger partial charge in [-0.2, -0.15) is 0 Å². The molecule has 1 saturated heterocycles. The molecular weight excluding hydrogens is 370 g/mol. The molecule has 4 rings (SSSR count). The minimum absolute atomic E-state index is 0.0610. The largest absolute Gasteiger partial charge is 0.497 e. The number of benzene rings is 1. The second-order valence-corrected chi connectivity index (χ2v) is 7.74. The fourth-order valence-electron chi connectivity index (χ4n) is 4.34. The molecule has 3 heterocycles. The van der Waals surface area contributed by atoms with Crippen molar-refractivity contribution in [1.82, 2.24) is 25.5 Å². The van der Waals surface area contributed by atoms with Crippen molar-refractivity contribution in [3.8, 4) is 5.75 Å². The molecule has 1 aromatic heterocycles. The molecule has 0 bridgehead atoms. The van der Waals surface area contributed by atoms with E-state index in [0.717, 1.165) is 31.5 Å². The Bertz CT molecular complexity index is 901. The number of carbonyl (C=O) groups is 2. The minimum atomic E-state index is -0.594. The second kappa shape index (κ2) is 7.87. The summed E-state index contributed by atoms with van der Waals surface area (Å²) in [4.78, 5) is 35.0. The first-order valence-electron chi connectivity index (χ1n) is 10.0. The zero-order valence-corrected chi connectivity index (χ0v) is 16.8. The number of imidazole rings is 1. The summed E-state index contributed by atoms with van der Waals surface area (Å²) in [6.45, 7) is 3.92. The first kappa shape index (κ1) is 19.4. The molecule has 0 saturated carbocycles. The van der Waals surface area contributed by atoms with Gasteiger partial charge in [0, 0.05) is 37.3 Å². The van der Waals surface area contributed by atoms with E-state index >= 15 is 0 Å². The van der Waals surface area contributed by atoms with E-state index in [1.165, 1.54) is 5.69 Å². The topological polar surface area (TPSA) is 99.4 Å². The molecule has 154 valence electrons. The van der Waals surface area contributed by atoms with Gasteiger partial charge in [-0.1, -0.05) is 6.07 Å². The van der Waals surface area contributed by atoms with Gasteiger partial charge in [-0.3, -0.25) is 9.59 Å². The third kappa shape index (κ3) is 3.72. The number of nitrogens with one attached hydrogen (secondary N) is 3. The number of piperidine rings is 1. The van der Waals surface area contributed by atoms with Crippen LogP contribution in [0.1, 0.15) is 41.5 Å². The van der Waals surface area contributed by atoms with Crippen LogP contribution in [0, 0.1) is 0 Å². The summed E-state index contributed by atoms with van der Waals surface area (Å²) in [5, 5.41) is 6.44. The molecule has 1 fully saturated rings. The molecule has 0 radical (unpaired) electrons. The number of methoxy groups -OCH3 is 1. The lowest BCUT2D eigenvalue weighted by Crippen LogP contribution is -2.57. The highest BCUT2D eigenvalue weighted by molar-refractivity contribution is 5.97. The first-order valence-corrected chi connectivity index (χ1v) is 10.0. The van der Waals surface area contributed by atoms with Crippen molar-refractivity contribution in [2.75, 3.05) is 26.7 Å². The van der Waals surface area contributed by atoms with Gasteiger partial charge in [0.1, 0.15) is 11.8 Å². The molecule has 2 aliphatic rings. The fourth-order valence-corrected chi connectivity index (χ4v) is 4.34. The highest BCUT2D eigenvalue weighted by atomic mass is 16.5. The number of rotatable bonds is 4. The maximum Gasteiger partial charge on any atom is 0.252 e. The molecule has 8 heteroatoms. The van der Waals surface area contributed by atoms with Gasteiger partial charge in [-0.05, 0) is 38.0 Å². The van der Waals surface area contributed by atoms with Crippen molar-refractivity contribution < 1.29 is 14.3 Å². The van der Waals surface area contributed by atoms with Crippen molar-refractivity contribution in [3.05, 3.63) is 47.5 Å². The molecule has 2 amide bonds. The van der Waals surface area contributed by atoms with Crippen molar-refractivity contribution in [3.63, 3.8) is 0 Å². The fraction of sp³-hybridized carbons (Fsp3) is 0.476. The number of likely N-dealkylation sites (tertiary alicyclic amines) is 1. The van der Waals surface area contributed by atoms with Gasteiger partial charge in [0.25, 0.3) is 5.91 Å². The third-order valence-corrected chi connectivity index (χ3v) is 5.99. The second-order valence-electron chi connectivity index (χ2n) is 7.74. The Hall–Kier alpha value is -2.87. The summed E-state index contributed by atoms with van der Waals surface area (Å²) in [6.07, 6.45) is 4.33. The summed E-state index contributed by atoms with van der Waals surface area (Å²) >= 11 is 0. The molecule has 29 heavy (non-hydrogen) atoms. The van der Waals surface area contributed by atoms with Gasteiger partial charge in [0.2, 0.25) is 5.91 Å². The third-order valence-electron chi connectivity index (χ3n) is 5.99. The number of H-pyrrole nitrogens is 1. The molecule has 2 aromatic rings. The standard InChI is InChI=1S/C21H27N5O3/c1-14(25-19(27)15-4-3-5-16(12-15)29-2)20(28)26-10-7-21(8-11-26)18-17(6-9-24-21)22-13-23-18/h3-5,12-14,24H,6-11H2,1-2H3,(H,22,23)(H,25,27)/t14-/m0/s1. The molecule has 2 aliphatic heterocycles. The Labute approximate surface area is 170 Å². The molecule has 0 unspecified atom stereocenters. The lowest BCUT2D eigenvalue weighted by molar-refractivity contribution is -0.134. The Morgan fingerprint density at radius 2 is 2.10 bits per heavy atom. The van der Waals surface area contributed by atoms with Crippen molar-refractivity contribution in [1.29, 1.82) is 0 Å². The summed E-state index contributed by atoms with van der Waals surface area (Å²) in [7, 11) is 1.55. The van der Waals surface area contributed by atoms with Gasteiger partial charge in [0.05, 0.1) is 24.7 Å². The summed E-state index contributed by atoms with van der Waals surface area (Å²) in [5.74, 6) is 0.262.